The van der Waals surface area contributed by atoms with E-state index in [1.165, 1.54) is 52.0 Å². The minimum Gasteiger partial charge on any atom is -0.316 e. The molecule has 2 fully saturated rings. The zero-order valence-electron chi connectivity index (χ0n) is 8.76. The fourth-order valence-corrected chi connectivity index (χ4v) is 2.86. The summed E-state index contributed by atoms with van der Waals surface area (Å²) in [6.07, 6.45) is 4.32. The van der Waals surface area contributed by atoms with Gasteiger partial charge < -0.3 is 10.2 Å². The van der Waals surface area contributed by atoms with Crippen molar-refractivity contribution in [3.05, 3.63) is 0 Å². The molecule has 13 heavy (non-hydrogen) atoms. The Bertz CT molecular complexity index is 158. The van der Waals surface area contributed by atoms with Crippen LogP contribution in [0.1, 0.15) is 26.2 Å². The molecule has 2 aliphatic heterocycles. The van der Waals surface area contributed by atoms with Gasteiger partial charge in [0.1, 0.15) is 0 Å². The van der Waals surface area contributed by atoms with Crippen molar-refractivity contribution in [2.45, 2.75) is 26.2 Å². The number of rotatable bonds is 1. The number of piperidine rings is 1. The van der Waals surface area contributed by atoms with E-state index in [-0.39, 0.29) is 0 Å². The molecule has 2 rings (SSSR count). The quantitative estimate of drug-likeness (QED) is 0.658. The predicted molar refractivity (Wildman–Crippen MR) is 55.8 cm³/mol. The summed E-state index contributed by atoms with van der Waals surface area (Å²) in [4.78, 5) is 2.62. The normalized spacial score (nSPS) is 36.7. The van der Waals surface area contributed by atoms with E-state index in [1.54, 1.807) is 0 Å². The average Bonchev–Trinajstić information content (AvgIpc) is 2.38. The fraction of sp³-hybridized carbons (Fsp3) is 1.00. The van der Waals surface area contributed by atoms with Crippen molar-refractivity contribution >= 4 is 0 Å². The van der Waals surface area contributed by atoms with Crippen molar-refractivity contribution in [1.29, 1.82) is 0 Å². The van der Waals surface area contributed by atoms with Crippen LogP contribution in [-0.4, -0.2) is 37.6 Å². The van der Waals surface area contributed by atoms with Crippen LogP contribution in [0.2, 0.25) is 0 Å². The first-order chi connectivity index (χ1) is 6.40. The van der Waals surface area contributed by atoms with Crippen LogP contribution in [0.4, 0.5) is 0 Å². The van der Waals surface area contributed by atoms with E-state index in [4.69, 9.17) is 0 Å². The maximum atomic E-state index is 3.53. The van der Waals surface area contributed by atoms with Gasteiger partial charge in [-0.15, -0.1) is 0 Å². The summed E-state index contributed by atoms with van der Waals surface area (Å²) in [7, 11) is 0. The third-order valence-electron chi connectivity index (χ3n) is 3.75. The Morgan fingerprint density at radius 2 is 2.23 bits per heavy atom. The van der Waals surface area contributed by atoms with E-state index in [0.29, 0.717) is 0 Å². The number of nitrogens with zero attached hydrogens (tertiary/aromatic N) is 1. The standard InChI is InChI=1S/C11H22N2/c1-2-13-7-3-4-10-5-6-12-8-11(10)9-13/h10-12H,2-9H2,1H3. The second-order valence-electron chi connectivity index (χ2n) is 4.55. The highest BCUT2D eigenvalue weighted by atomic mass is 15.1. The van der Waals surface area contributed by atoms with Crippen molar-refractivity contribution in [3.63, 3.8) is 0 Å². The summed E-state index contributed by atoms with van der Waals surface area (Å²) in [5.74, 6) is 1.97. The highest BCUT2D eigenvalue weighted by Gasteiger charge is 2.28. The minimum absolute atomic E-state index is 0.941. The Hall–Kier alpha value is -0.0800. The van der Waals surface area contributed by atoms with Crippen LogP contribution in [-0.2, 0) is 0 Å². The Morgan fingerprint density at radius 1 is 1.31 bits per heavy atom. The van der Waals surface area contributed by atoms with Gasteiger partial charge in [0.2, 0.25) is 0 Å². The van der Waals surface area contributed by atoms with Gasteiger partial charge >= 0.3 is 0 Å². The maximum absolute atomic E-state index is 3.53. The highest BCUT2D eigenvalue weighted by molar-refractivity contribution is 4.83. The molecular formula is C11H22N2. The van der Waals surface area contributed by atoms with Crippen molar-refractivity contribution in [1.82, 2.24) is 10.2 Å². The van der Waals surface area contributed by atoms with Gasteiger partial charge in [-0.05, 0) is 57.3 Å². The van der Waals surface area contributed by atoms with E-state index < -0.39 is 0 Å². The van der Waals surface area contributed by atoms with Crippen molar-refractivity contribution in [3.8, 4) is 0 Å². The first kappa shape index (κ1) is 9.47. The topological polar surface area (TPSA) is 15.3 Å². The molecule has 2 saturated heterocycles. The van der Waals surface area contributed by atoms with E-state index in [1.807, 2.05) is 0 Å². The van der Waals surface area contributed by atoms with E-state index in [9.17, 15) is 0 Å². The van der Waals surface area contributed by atoms with E-state index in [0.717, 1.165) is 11.8 Å². The molecule has 2 unspecified atom stereocenters. The van der Waals surface area contributed by atoms with Crippen molar-refractivity contribution < 1.29 is 0 Å². The predicted octanol–water partition coefficient (Wildman–Crippen LogP) is 1.33. The molecule has 0 saturated carbocycles. The van der Waals surface area contributed by atoms with Crippen LogP contribution >= 0.6 is 0 Å². The van der Waals surface area contributed by atoms with Crippen LogP contribution < -0.4 is 5.32 Å². The third-order valence-corrected chi connectivity index (χ3v) is 3.75. The number of hydrogen-bond acceptors (Lipinski definition) is 2. The first-order valence-corrected chi connectivity index (χ1v) is 5.83. The molecule has 0 aromatic heterocycles. The van der Waals surface area contributed by atoms with Crippen LogP contribution in [0.3, 0.4) is 0 Å². The molecule has 2 aliphatic rings. The zero-order valence-corrected chi connectivity index (χ0v) is 8.76. The Balaban J connectivity index is 1.94. The van der Waals surface area contributed by atoms with Gasteiger partial charge in [0.15, 0.2) is 0 Å². The minimum atomic E-state index is 0.941. The van der Waals surface area contributed by atoms with E-state index >= 15 is 0 Å². The highest BCUT2D eigenvalue weighted by Crippen LogP contribution is 2.27. The van der Waals surface area contributed by atoms with Crippen LogP contribution in [0.5, 0.6) is 0 Å². The summed E-state index contributed by atoms with van der Waals surface area (Å²) >= 11 is 0. The van der Waals surface area contributed by atoms with Gasteiger partial charge in [0.05, 0.1) is 0 Å². The zero-order chi connectivity index (χ0) is 9.10. The Labute approximate surface area is 81.7 Å². The summed E-state index contributed by atoms with van der Waals surface area (Å²) in [5, 5.41) is 3.53. The molecule has 0 spiro atoms. The van der Waals surface area contributed by atoms with Gasteiger partial charge in [-0.25, -0.2) is 0 Å². The molecule has 2 heteroatoms. The summed E-state index contributed by atoms with van der Waals surface area (Å²) in [5.41, 5.74) is 0. The Kier molecular flexibility index (Phi) is 3.23. The molecule has 2 nitrogen and oxygen atoms in total. The lowest BCUT2D eigenvalue weighted by Gasteiger charge is -2.32. The number of hydrogen-bond donors (Lipinski definition) is 1. The molecule has 76 valence electrons. The molecule has 2 atom stereocenters. The Morgan fingerprint density at radius 3 is 3.08 bits per heavy atom. The van der Waals surface area contributed by atoms with Gasteiger partial charge in [-0.2, -0.15) is 0 Å². The number of fused-ring (bicyclic) bond motifs is 1. The number of nitrogens with one attached hydrogen (secondary N) is 1. The summed E-state index contributed by atoms with van der Waals surface area (Å²) < 4.78 is 0. The van der Waals surface area contributed by atoms with Gasteiger partial charge in [0, 0.05) is 6.54 Å². The number of likely N-dealkylation sites (tertiary alicyclic amines) is 1. The van der Waals surface area contributed by atoms with Crippen molar-refractivity contribution in [2.24, 2.45) is 11.8 Å². The second-order valence-corrected chi connectivity index (χ2v) is 4.55. The van der Waals surface area contributed by atoms with Gasteiger partial charge in [-0.3, -0.25) is 0 Å². The molecule has 0 bridgehead atoms. The SMILES string of the molecule is CCN1CCCC2CCNCC2C1. The largest absolute Gasteiger partial charge is 0.316 e. The van der Waals surface area contributed by atoms with Gasteiger partial charge in [0.25, 0.3) is 0 Å². The smallest absolute Gasteiger partial charge is 0.00243 e. The molecule has 2 heterocycles. The molecule has 1 N–H and O–H groups in total. The fourth-order valence-electron chi connectivity index (χ4n) is 2.86. The second kappa shape index (κ2) is 4.43. The first-order valence-electron chi connectivity index (χ1n) is 5.83. The molecule has 0 radical (unpaired) electrons. The van der Waals surface area contributed by atoms with E-state index in [2.05, 4.69) is 17.1 Å². The lowest BCUT2D eigenvalue weighted by Crippen LogP contribution is -2.41. The molecule has 0 amide bonds. The van der Waals surface area contributed by atoms with Crippen LogP contribution in [0.25, 0.3) is 0 Å². The summed E-state index contributed by atoms with van der Waals surface area (Å²) in [6.45, 7) is 8.73. The van der Waals surface area contributed by atoms with Crippen LogP contribution in [0.15, 0.2) is 0 Å². The van der Waals surface area contributed by atoms with Crippen molar-refractivity contribution in [2.75, 3.05) is 32.7 Å². The maximum Gasteiger partial charge on any atom is 0.00243 e. The van der Waals surface area contributed by atoms with Gasteiger partial charge in [-0.1, -0.05) is 6.92 Å². The lowest BCUT2D eigenvalue weighted by atomic mass is 9.84. The molecule has 0 aliphatic carbocycles. The summed E-state index contributed by atoms with van der Waals surface area (Å²) in [6, 6.07) is 0. The molecule has 0 aromatic carbocycles. The third kappa shape index (κ3) is 2.23. The monoisotopic (exact) mass is 182 g/mol. The van der Waals surface area contributed by atoms with Crippen LogP contribution in [0, 0.1) is 11.8 Å². The lowest BCUT2D eigenvalue weighted by molar-refractivity contribution is 0.198. The molecular weight excluding hydrogens is 160 g/mol. The average molecular weight is 182 g/mol. The molecule has 0 aromatic rings.